The van der Waals surface area contributed by atoms with Crippen LogP contribution in [0.4, 0.5) is 0 Å². The molecule has 0 aliphatic rings. The van der Waals surface area contributed by atoms with Crippen LogP contribution in [0.5, 0.6) is 11.5 Å². The first-order chi connectivity index (χ1) is 12.9. The Balaban J connectivity index is 2.26. The largest absolute Gasteiger partial charge is 0.493 e. The van der Waals surface area contributed by atoms with Crippen LogP contribution in [0, 0.1) is 13.8 Å². The molecule has 2 aromatic rings. The summed E-state index contributed by atoms with van der Waals surface area (Å²) < 4.78 is 15.9. The first-order valence-corrected chi connectivity index (χ1v) is 8.82. The summed E-state index contributed by atoms with van der Waals surface area (Å²) in [5.41, 5.74) is 2.80. The van der Waals surface area contributed by atoms with Gasteiger partial charge in [0.25, 0.3) is 0 Å². The fourth-order valence-corrected chi connectivity index (χ4v) is 2.83. The molecule has 0 fully saturated rings. The molecular formula is C21H25NO5. The Bertz CT molecular complexity index is 864. The van der Waals surface area contributed by atoms with Gasteiger partial charge in [-0.2, -0.15) is 0 Å². The van der Waals surface area contributed by atoms with E-state index < -0.39 is 5.97 Å². The van der Waals surface area contributed by atoms with Crippen molar-refractivity contribution in [1.29, 1.82) is 0 Å². The number of ketones is 1. The molecule has 0 bridgehead atoms. The maximum absolute atomic E-state index is 12.6. The van der Waals surface area contributed by atoms with E-state index in [9.17, 15) is 9.59 Å². The van der Waals surface area contributed by atoms with Gasteiger partial charge in [-0.1, -0.05) is 12.1 Å². The van der Waals surface area contributed by atoms with Crippen LogP contribution < -0.4 is 9.47 Å². The lowest BCUT2D eigenvalue weighted by Crippen LogP contribution is -2.07. The number of aryl methyl sites for hydroxylation is 1. The Labute approximate surface area is 159 Å². The molecule has 0 spiro atoms. The van der Waals surface area contributed by atoms with E-state index in [0.717, 1.165) is 5.56 Å². The molecule has 2 rings (SSSR count). The summed E-state index contributed by atoms with van der Waals surface area (Å²) >= 11 is 0. The first-order valence-electron chi connectivity index (χ1n) is 8.82. The number of aromatic nitrogens is 1. The van der Waals surface area contributed by atoms with Crippen molar-refractivity contribution in [3.8, 4) is 11.5 Å². The Hall–Kier alpha value is -3.02. The van der Waals surface area contributed by atoms with Crippen molar-refractivity contribution >= 4 is 17.8 Å². The standard InChI is InChI=1S/C21H25NO5/c1-6-26-18-12-15(9-11-17(18)25-5)8-10-16(23)20-13(3)19(14(4)22-20)21(24)27-7-2/h8-12,22H,6-7H2,1-5H3/b10-8+. The molecule has 0 aliphatic carbocycles. The van der Waals surface area contributed by atoms with Gasteiger partial charge < -0.3 is 19.2 Å². The second kappa shape index (κ2) is 9.07. The number of nitrogens with one attached hydrogen (secondary N) is 1. The van der Waals surface area contributed by atoms with E-state index >= 15 is 0 Å². The maximum Gasteiger partial charge on any atom is 0.340 e. The number of carbonyl (C=O) groups excluding carboxylic acids is 2. The molecule has 27 heavy (non-hydrogen) atoms. The second-order valence-electron chi connectivity index (χ2n) is 5.89. The zero-order chi connectivity index (χ0) is 20.0. The molecule has 0 saturated carbocycles. The molecule has 6 nitrogen and oxygen atoms in total. The van der Waals surface area contributed by atoms with Gasteiger partial charge in [-0.3, -0.25) is 4.79 Å². The number of hydrogen-bond acceptors (Lipinski definition) is 5. The quantitative estimate of drug-likeness (QED) is 0.429. The number of benzene rings is 1. The highest BCUT2D eigenvalue weighted by Crippen LogP contribution is 2.28. The number of H-pyrrole nitrogens is 1. The third-order valence-corrected chi connectivity index (χ3v) is 4.08. The van der Waals surface area contributed by atoms with Crippen molar-refractivity contribution in [2.75, 3.05) is 20.3 Å². The smallest absolute Gasteiger partial charge is 0.340 e. The molecule has 0 saturated heterocycles. The molecule has 0 radical (unpaired) electrons. The molecule has 0 unspecified atom stereocenters. The molecule has 0 amide bonds. The van der Waals surface area contributed by atoms with Gasteiger partial charge in [0.1, 0.15) is 0 Å². The Morgan fingerprint density at radius 1 is 1.11 bits per heavy atom. The summed E-state index contributed by atoms with van der Waals surface area (Å²) in [6, 6.07) is 5.43. The van der Waals surface area contributed by atoms with Crippen molar-refractivity contribution in [2.24, 2.45) is 0 Å². The van der Waals surface area contributed by atoms with E-state index in [1.165, 1.54) is 6.08 Å². The van der Waals surface area contributed by atoms with Crippen LogP contribution in [0.25, 0.3) is 6.08 Å². The van der Waals surface area contributed by atoms with Crippen molar-refractivity contribution in [1.82, 2.24) is 4.98 Å². The number of hydrogen-bond donors (Lipinski definition) is 1. The Morgan fingerprint density at radius 2 is 1.85 bits per heavy atom. The number of allylic oxidation sites excluding steroid dienone is 1. The van der Waals surface area contributed by atoms with Crippen LogP contribution in [0.3, 0.4) is 0 Å². The molecule has 6 heteroatoms. The molecule has 1 heterocycles. The number of carbonyl (C=O) groups is 2. The van der Waals surface area contributed by atoms with Gasteiger partial charge in [-0.25, -0.2) is 4.79 Å². The summed E-state index contributed by atoms with van der Waals surface area (Å²) in [6.07, 6.45) is 3.16. The average molecular weight is 371 g/mol. The summed E-state index contributed by atoms with van der Waals surface area (Å²) in [6.45, 7) is 7.92. The Morgan fingerprint density at radius 3 is 2.48 bits per heavy atom. The minimum Gasteiger partial charge on any atom is -0.493 e. The van der Waals surface area contributed by atoms with Crippen molar-refractivity contribution in [2.45, 2.75) is 27.7 Å². The van der Waals surface area contributed by atoms with Gasteiger partial charge >= 0.3 is 5.97 Å². The zero-order valence-electron chi connectivity index (χ0n) is 16.3. The van der Waals surface area contributed by atoms with Crippen molar-refractivity contribution in [3.63, 3.8) is 0 Å². The molecule has 1 aromatic carbocycles. The summed E-state index contributed by atoms with van der Waals surface area (Å²) in [5.74, 6) is 0.601. The number of ether oxygens (including phenoxy) is 3. The lowest BCUT2D eigenvalue weighted by Gasteiger charge is -2.09. The van der Waals surface area contributed by atoms with E-state index in [4.69, 9.17) is 14.2 Å². The van der Waals surface area contributed by atoms with Crippen molar-refractivity contribution in [3.05, 3.63) is 52.4 Å². The summed E-state index contributed by atoms with van der Waals surface area (Å²) in [5, 5.41) is 0. The summed E-state index contributed by atoms with van der Waals surface area (Å²) in [7, 11) is 1.58. The van der Waals surface area contributed by atoms with Gasteiger partial charge in [0, 0.05) is 5.69 Å². The highest BCUT2D eigenvalue weighted by Gasteiger charge is 2.21. The average Bonchev–Trinajstić information content (AvgIpc) is 2.94. The third kappa shape index (κ3) is 4.58. The van der Waals surface area contributed by atoms with E-state index in [2.05, 4.69) is 4.98 Å². The zero-order valence-corrected chi connectivity index (χ0v) is 16.3. The maximum atomic E-state index is 12.6. The third-order valence-electron chi connectivity index (χ3n) is 4.08. The van der Waals surface area contributed by atoms with E-state index in [1.54, 1.807) is 40.0 Å². The minimum atomic E-state index is -0.428. The lowest BCUT2D eigenvalue weighted by atomic mass is 10.1. The monoisotopic (exact) mass is 371 g/mol. The molecule has 1 N–H and O–H groups in total. The predicted molar refractivity (Wildman–Crippen MR) is 104 cm³/mol. The highest BCUT2D eigenvalue weighted by molar-refractivity contribution is 6.08. The summed E-state index contributed by atoms with van der Waals surface area (Å²) in [4.78, 5) is 27.6. The SMILES string of the molecule is CCOC(=O)c1c(C)[nH]c(C(=O)/C=C/c2ccc(OC)c(OCC)c2)c1C. The minimum absolute atomic E-state index is 0.222. The molecule has 1 aromatic heterocycles. The number of aromatic amines is 1. The van der Waals surface area contributed by atoms with Crippen LogP contribution in [0.15, 0.2) is 24.3 Å². The lowest BCUT2D eigenvalue weighted by molar-refractivity contribution is 0.0525. The normalized spacial score (nSPS) is 10.9. The van der Waals surface area contributed by atoms with Crippen LogP contribution in [-0.4, -0.2) is 37.1 Å². The molecular weight excluding hydrogens is 346 g/mol. The van der Waals surface area contributed by atoms with Gasteiger partial charge in [-0.05, 0) is 57.0 Å². The van der Waals surface area contributed by atoms with E-state index in [1.807, 2.05) is 19.1 Å². The second-order valence-corrected chi connectivity index (χ2v) is 5.89. The number of rotatable bonds is 8. The van der Waals surface area contributed by atoms with Gasteiger partial charge in [0.2, 0.25) is 5.78 Å². The van der Waals surface area contributed by atoms with E-state index in [-0.39, 0.29) is 12.4 Å². The Kier molecular flexibility index (Phi) is 6.82. The number of methoxy groups -OCH3 is 1. The van der Waals surface area contributed by atoms with Gasteiger partial charge in [0.15, 0.2) is 11.5 Å². The topological polar surface area (TPSA) is 77.6 Å². The van der Waals surface area contributed by atoms with Crippen LogP contribution >= 0.6 is 0 Å². The fourth-order valence-electron chi connectivity index (χ4n) is 2.83. The van der Waals surface area contributed by atoms with E-state index in [0.29, 0.717) is 40.6 Å². The van der Waals surface area contributed by atoms with Crippen LogP contribution in [0.1, 0.15) is 51.5 Å². The van der Waals surface area contributed by atoms with Gasteiger partial charge in [-0.15, -0.1) is 0 Å². The van der Waals surface area contributed by atoms with Crippen LogP contribution in [0.2, 0.25) is 0 Å². The van der Waals surface area contributed by atoms with Gasteiger partial charge in [0.05, 0.1) is 31.6 Å². The molecule has 144 valence electrons. The molecule has 0 aliphatic heterocycles. The predicted octanol–water partition coefficient (Wildman–Crippen LogP) is 4.11. The van der Waals surface area contributed by atoms with Crippen LogP contribution in [-0.2, 0) is 4.74 Å². The molecule has 0 atom stereocenters. The highest BCUT2D eigenvalue weighted by atomic mass is 16.5. The number of esters is 1. The fraction of sp³-hybridized carbons (Fsp3) is 0.333. The first kappa shape index (κ1) is 20.3. The van der Waals surface area contributed by atoms with Crippen molar-refractivity contribution < 1.29 is 23.8 Å².